The molecular formula is C13H16BrF3O3S. The van der Waals surface area contributed by atoms with Gasteiger partial charge >= 0.3 is 6.18 Å². The number of alkyl halides is 3. The van der Waals surface area contributed by atoms with Crippen molar-refractivity contribution in [2.24, 2.45) is 0 Å². The van der Waals surface area contributed by atoms with E-state index >= 15 is 0 Å². The molecule has 0 heterocycles. The highest BCUT2D eigenvalue weighted by Gasteiger charge is 2.33. The standard InChI is InChI=1S/C13H16BrF3O3S/c1-2-21(19,20)7-3-4-12(18)9-5-6-11(14)10(8-9)13(15,16)17/h5-6,8,12,18H,2-4,7H2,1H3. The molecule has 0 aliphatic carbocycles. The fraction of sp³-hybridized carbons (Fsp3) is 0.538. The van der Waals surface area contributed by atoms with Crippen LogP contribution in [-0.2, 0) is 16.0 Å². The molecule has 0 aliphatic rings. The van der Waals surface area contributed by atoms with Crippen molar-refractivity contribution in [3.63, 3.8) is 0 Å². The van der Waals surface area contributed by atoms with E-state index < -0.39 is 27.7 Å². The summed E-state index contributed by atoms with van der Waals surface area (Å²) in [4.78, 5) is 0. The third kappa shape index (κ3) is 5.60. The lowest BCUT2D eigenvalue weighted by molar-refractivity contribution is -0.138. The monoisotopic (exact) mass is 388 g/mol. The second-order valence-corrected chi connectivity index (χ2v) is 7.96. The summed E-state index contributed by atoms with van der Waals surface area (Å²) in [6.45, 7) is 1.52. The Balaban J connectivity index is 2.78. The van der Waals surface area contributed by atoms with Gasteiger partial charge in [0.05, 0.1) is 17.4 Å². The third-order valence-electron chi connectivity index (χ3n) is 3.05. The Morgan fingerprint density at radius 2 is 1.95 bits per heavy atom. The van der Waals surface area contributed by atoms with E-state index in [9.17, 15) is 26.7 Å². The number of aliphatic hydroxyl groups excluding tert-OH is 1. The predicted molar refractivity (Wildman–Crippen MR) is 77.7 cm³/mol. The summed E-state index contributed by atoms with van der Waals surface area (Å²) in [6.07, 6.45) is -5.33. The molecule has 0 bridgehead atoms. The minimum absolute atomic E-state index is 0.0135. The van der Waals surface area contributed by atoms with Crippen LogP contribution < -0.4 is 0 Å². The van der Waals surface area contributed by atoms with Crippen molar-refractivity contribution in [2.45, 2.75) is 32.0 Å². The Kier molecular flexibility index (Phi) is 6.24. The number of rotatable bonds is 6. The van der Waals surface area contributed by atoms with E-state index in [2.05, 4.69) is 15.9 Å². The Bertz CT molecular complexity index is 585. The fourth-order valence-electron chi connectivity index (χ4n) is 1.77. The van der Waals surface area contributed by atoms with E-state index in [1.54, 1.807) is 0 Å². The highest BCUT2D eigenvalue weighted by molar-refractivity contribution is 9.10. The van der Waals surface area contributed by atoms with E-state index in [-0.39, 0.29) is 34.4 Å². The third-order valence-corrected chi connectivity index (χ3v) is 5.54. The first-order chi connectivity index (χ1) is 9.57. The quantitative estimate of drug-likeness (QED) is 0.807. The van der Waals surface area contributed by atoms with Crippen LogP contribution in [0.3, 0.4) is 0 Å². The minimum atomic E-state index is -4.51. The molecule has 0 aromatic heterocycles. The van der Waals surface area contributed by atoms with Gasteiger partial charge in [0.1, 0.15) is 9.84 Å². The average Bonchev–Trinajstić information content (AvgIpc) is 2.37. The van der Waals surface area contributed by atoms with Crippen LogP contribution in [0.15, 0.2) is 22.7 Å². The molecule has 0 fully saturated rings. The zero-order valence-electron chi connectivity index (χ0n) is 11.3. The maximum absolute atomic E-state index is 12.8. The molecule has 21 heavy (non-hydrogen) atoms. The molecule has 0 amide bonds. The molecule has 1 aromatic carbocycles. The molecule has 1 N–H and O–H groups in total. The first kappa shape index (κ1) is 18.4. The largest absolute Gasteiger partial charge is 0.417 e. The van der Waals surface area contributed by atoms with Crippen LogP contribution in [0.1, 0.15) is 37.0 Å². The summed E-state index contributed by atoms with van der Waals surface area (Å²) in [6, 6.07) is 3.49. The van der Waals surface area contributed by atoms with Crippen molar-refractivity contribution < 1.29 is 26.7 Å². The van der Waals surface area contributed by atoms with E-state index in [1.165, 1.54) is 19.1 Å². The molecule has 0 saturated carbocycles. The number of hydrogen-bond donors (Lipinski definition) is 1. The van der Waals surface area contributed by atoms with Crippen LogP contribution in [0.5, 0.6) is 0 Å². The molecule has 3 nitrogen and oxygen atoms in total. The van der Waals surface area contributed by atoms with Gasteiger partial charge in [0.15, 0.2) is 0 Å². The fourth-order valence-corrected chi connectivity index (χ4v) is 3.14. The van der Waals surface area contributed by atoms with Crippen LogP contribution >= 0.6 is 15.9 Å². The van der Waals surface area contributed by atoms with Crippen molar-refractivity contribution in [3.05, 3.63) is 33.8 Å². The van der Waals surface area contributed by atoms with Gasteiger partial charge in [-0.2, -0.15) is 13.2 Å². The molecule has 1 atom stereocenters. The number of halogens is 4. The maximum atomic E-state index is 12.8. The number of sulfone groups is 1. The Labute approximate surface area is 130 Å². The average molecular weight is 389 g/mol. The molecular weight excluding hydrogens is 373 g/mol. The van der Waals surface area contributed by atoms with Crippen molar-refractivity contribution in [1.82, 2.24) is 0 Å². The first-order valence-electron chi connectivity index (χ1n) is 6.32. The molecule has 0 saturated heterocycles. The summed E-state index contributed by atoms with van der Waals surface area (Å²) >= 11 is 2.82. The lowest BCUT2D eigenvalue weighted by atomic mass is 10.0. The molecule has 0 spiro atoms. The molecule has 1 aromatic rings. The summed E-state index contributed by atoms with van der Waals surface area (Å²) in [5, 5.41) is 9.89. The zero-order valence-corrected chi connectivity index (χ0v) is 13.7. The van der Waals surface area contributed by atoms with Crippen molar-refractivity contribution in [1.29, 1.82) is 0 Å². The molecule has 0 radical (unpaired) electrons. The normalized spacial score (nSPS) is 14.2. The Morgan fingerprint density at radius 1 is 1.33 bits per heavy atom. The van der Waals surface area contributed by atoms with Gasteiger partial charge in [-0.15, -0.1) is 0 Å². The van der Waals surface area contributed by atoms with Crippen LogP contribution in [-0.4, -0.2) is 25.0 Å². The first-order valence-corrected chi connectivity index (χ1v) is 8.93. The summed E-state index contributed by atoms with van der Waals surface area (Å²) < 4.78 is 60.8. The lowest BCUT2D eigenvalue weighted by Gasteiger charge is -2.15. The Morgan fingerprint density at radius 3 is 2.48 bits per heavy atom. The highest BCUT2D eigenvalue weighted by Crippen LogP contribution is 2.36. The number of aliphatic hydroxyl groups is 1. The summed E-state index contributed by atoms with van der Waals surface area (Å²) in [7, 11) is -3.13. The molecule has 0 aliphatic heterocycles. The van der Waals surface area contributed by atoms with Crippen LogP contribution in [0, 0.1) is 0 Å². The van der Waals surface area contributed by atoms with Crippen LogP contribution in [0.25, 0.3) is 0 Å². The lowest BCUT2D eigenvalue weighted by Crippen LogP contribution is -2.11. The zero-order chi connectivity index (χ0) is 16.3. The summed E-state index contributed by atoms with van der Waals surface area (Å²) in [5.74, 6) is -0.0666. The number of benzene rings is 1. The van der Waals surface area contributed by atoms with Gasteiger partial charge in [-0.25, -0.2) is 8.42 Å². The highest BCUT2D eigenvalue weighted by atomic mass is 79.9. The van der Waals surface area contributed by atoms with E-state index in [0.717, 1.165) is 6.07 Å². The second-order valence-electron chi connectivity index (χ2n) is 4.63. The van der Waals surface area contributed by atoms with Crippen molar-refractivity contribution >= 4 is 25.8 Å². The predicted octanol–water partition coefficient (Wildman–Crippen LogP) is 3.72. The van der Waals surface area contributed by atoms with Crippen LogP contribution in [0.2, 0.25) is 0 Å². The van der Waals surface area contributed by atoms with Crippen molar-refractivity contribution in [2.75, 3.05) is 11.5 Å². The molecule has 8 heteroatoms. The van der Waals surface area contributed by atoms with Gasteiger partial charge in [-0.05, 0) is 30.5 Å². The van der Waals surface area contributed by atoms with E-state index in [0.29, 0.717) is 0 Å². The van der Waals surface area contributed by atoms with Gasteiger partial charge in [0, 0.05) is 10.2 Å². The van der Waals surface area contributed by atoms with E-state index in [1.807, 2.05) is 0 Å². The van der Waals surface area contributed by atoms with Crippen molar-refractivity contribution in [3.8, 4) is 0 Å². The van der Waals surface area contributed by atoms with Gasteiger partial charge in [0.25, 0.3) is 0 Å². The van der Waals surface area contributed by atoms with Crippen LogP contribution in [0.4, 0.5) is 13.2 Å². The topological polar surface area (TPSA) is 54.4 Å². The molecule has 120 valence electrons. The second kappa shape index (κ2) is 7.11. The van der Waals surface area contributed by atoms with Gasteiger partial charge in [0.2, 0.25) is 0 Å². The smallest absolute Gasteiger partial charge is 0.388 e. The van der Waals surface area contributed by atoms with Gasteiger partial charge < -0.3 is 5.11 Å². The Hall–Kier alpha value is -0.600. The molecule has 1 rings (SSSR count). The SMILES string of the molecule is CCS(=O)(=O)CCCC(O)c1ccc(Br)c(C(F)(F)F)c1. The number of hydrogen-bond acceptors (Lipinski definition) is 3. The van der Waals surface area contributed by atoms with Gasteiger partial charge in [-0.1, -0.05) is 28.9 Å². The summed E-state index contributed by atoms with van der Waals surface area (Å²) in [5.41, 5.74) is -0.736. The van der Waals surface area contributed by atoms with E-state index in [4.69, 9.17) is 0 Å². The maximum Gasteiger partial charge on any atom is 0.417 e. The minimum Gasteiger partial charge on any atom is -0.388 e. The molecule has 1 unspecified atom stereocenters. The van der Waals surface area contributed by atoms with Gasteiger partial charge in [-0.3, -0.25) is 0 Å².